The molecule has 2 rings (SSSR count). The van der Waals surface area contributed by atoms with E-state index >= 15 is 0 Å². The highest BCUT2D eigenvalue weighted by Gasteiger charge is 2.03. The van der Waals surface area contributed by atoms with Crippen LogP contribution in [0.5, 0.6) is 5.75 Å². The number of aryl methyl sites for hydroxylation is 1. The van der Waals surface area contributed by atoms with E-state index in [4.69, 9.17) is 4.74 Å². The molecule has 0 saturated carbocycles. The highest BCUT2D eigenvalue weighted by atomic mass is 16.5. The lowest BCUT2D eigenvalue weighted by molar-refractivity contribution is 0.304. The lowest BCUT2D eigenvalue weighted by Gasteiger charge is -2.07. The number of nitrogens with zero attached hydrogens (tertiary/aromatic N) is 2. The number of benzene rings is 1. The lowest BCUT2D eigenvalue weighted by atomic mass is 10.1. The second-order valence-corrected chi connectivity index (χ2v) is 8.43. The van der Waals surface area contributed by atoms with Gasteiger partial charge in [-0.2, -0.15) is 0 Å². The van der Waals surface area contributed by atoms with Crippen molar-refractivity contribution in [3.63, 3.8) is 0 Å². The fraction of sp³-hybridized carbons (Fsp3) is 0.630. The van der Waals surface area contributed by atoms with Crippen LogP contribution in [0.4, 0.5) is 0 Å². The van der Waals surface area contributed by atoms with Crippen LogP contribution in [0.1, 0.15) is 103 Å². The third kappa shape index (κ3) is 10.2. The first kappa shape index (κ1) is 24.4. The molecule has 0 aliphatic carbocycles. The molecule has 166 valence electrons. The van der Waals surface area contributed by atoms with Crippen LogP contribution in [0.3, 0.4) is 0 Å². The Kier molecular flexibility index (Phi) is 12.9. The normalized spacial score (nSPS) is 11.0. The van der Waals surface area contributed by atoms with Crippen LogP contribution >= 0.6 is 0 Å². The minimum atomic E-state index is 0.792. The molecule has 1 aromatic heterocycles. The van der Waals surface area contributed by atoms with Crippen molar-refractivity contribution in [3.05, 3.63) is 42.2 Å². The Bertz CT molecular complexity index is 652. The molecule has 3 heteroatoms. The quantitative estimate of drug-likeness (QED) is 0.247. The van der Waals surface area contributed by atoms with E-state index in [1.54, 1.807) is 0 Å². The zero-order valence-electron chi connectivity index (χ0n) is 19.4. The SMILES string of the molecule is CCCCCCCCCCc1cnc(-c2ccc(OCCCCCCC)cc2)nc1. The molecule has 0 N–H and O–H groups in total. The average molecular weight is 411 g/mol. The van der Waals surface area contributed by atoms with Crippen LogP contribution in [0.25, 0.3) is 11.4 Å². The first-order chi connectivity index (χ1) is 14.8. The van der Waals surface area contributed by atoms with Crippen LogP contribution < -0.4 is 4.74 Å². The minimum absolute atomic E-state index is 0.792. The molecule has 30 heavy (non-hydrogen) atoms. The summed E-state index contributed by atoms with van der Waals surface area (Å²) in [5.74, 6) is 1.72. The van der Waals surface area contributed by atoms with E-state index in [-0.39, 0.29) is 0 Å². The number of ether oxygens (including phenoxy) is 1. The molecular formula is C27H42N2O. The van der Waals surface area contributed by atoms with Gasteiger partial charge in [-0.05, 0) is 49.1 Å². The van der Waals surface area contributed by atoms with Crippen molar-refractivity contribution in [1.82, 2.24) is 9.97 Å². The molecule has 0 spiro atoms. The Balaban J connectivity index is 1.65. The Hall–Kier alpha value is -1.90. The van der Waals surface area contributed by atoms with E-state index in [1.165, 1.54) is 82.6 Å². The van der Waals surface area contributed by atoms with Crippen molar-refractivity contribution < 1.29 is 4.74 Å². The van der Waals surface area contributed by atoms with Gasteiger partial charge in [0.25, 0.3) is 0 Å². The van der Waals surface area contributed by atoms with Crippen LogP contribution in [0.2, 0.25) is 0 Å². The topological polar surface area (TPSA) is 35.0 Å². The molecule has 0 aliphatic heterocycles. The Morgan fingerprint density at radius 2 is 1.17 bits per heavy atom. The number of aromatic nitrogens is 2. The van der Waals surface area contributed by atoms with Gasteiger partial charge in [-0.25, -0.2) is 9.97 Å². The molecule has 1 aromatic carbocycles. The van der Waals surface area contributed by atoms with Crippen molar-refractivity contribution in [2.45, 2.75) is 104 Å². The number of hydrogen-bond donors (Lipinski definition) is 0. The van der Waals surface area contributed by atoms with Crippen LogP contribution in [-0.4, -0.2) is 16.6 Å². The molecule has 3 nitrogen and oxygen atoms in total. The van der Waals surface area contributed by atoms with Gasteiger partial charge >= 0.3 is 0 Å². The smallest absolute Gasteiger partial charge is 0.159 e. The summed E-state index contributed by atoms with van der Waals surface area (Å²) in [5, 5.41) is 0. The molecule has 0 amide bonds. The summed E-state index contributed by atoms with van der Waals surface area (Å²) < 4.78 is 5.85. The molecule has 0 bridgehead atoms. The van der Waals surface area contributed by atoms with E-state index in [9.17, 15) is 0 Å². The fourth-order valence-electron chi connectivity index (χ4n) is 3.69. The van der Waals surface area contributed by atoms with Gasteiger partial charge in [0, 0.05) is 18.0 Å². The van der Waals surface area contributed by atoms with Crippen LogP contribution in [0, 0.1) is 0 Å². The van der Waals surface area contributed by atoms with Crippen molar-refractivity contribution >= 4 is 0 Å². The van der Waals surface area contributed by atoms with Crippen LogP contribution in [0.15, 0.2) is 36.7 Å². The maximum Gasteiger partial charge on any atom is 0.159 e. The standard InChI is InChI=1S/C27H42N2O/c1-3-5-7-9-10-11-12-14-16-24-22-28-27(29-23-24)25-17-19-26(20-18-25)30-21-15-13-8-6-4-2/h17-20,22-23H,3-16,21H2,1-2H3. The largest absolute Gasteiger partial charge is 0.494 e. The molecule has 0 unspecified atom stereocenters. The Morgan fingerprint density at radius 3 is 1.77 bits per heavy atom. The molecule has 2 aromatic rings. The summed E-state index contributed by atoms with van der Waals surface area (Å²) in [6, 6.07) is 8.16. The second-order valence-electron chi connectivity index (χ2n) is 8.43. The van der Waals surface area contributed by atoms with Gasteiger partial charge in [0.1, 0.15) is 5.75 Å². The third-order valence-electron chi connectivity index (χ3n) is 5.65. The minimum Gasteiger partial charge on any atom is -0.494 e. The molecule has 0 atom stereocenters. The Morgan fingerprint density at radius 1 is 0.633 bits per heavy atom. The average Bonchev–Trinajstić information content (AvgIpc) is 2.79. The van der Waals surface area contributed by atoms with Gasteiger partial charge in [-0.1, -0.05) is 84.5 Å². The summed E-state index contributed by atoms with van der Waals surface area (Å²) in [6.45, 7) is 5.31. The zero-order chi connectivity index (χ0) is 21.3. The van der Waals surface area contributed by atoms with Gasteiger partial charge < -0.3 is 4.74 Å². The van der Waals surface area contributed by atoms with Gasteiger partial charge in [0.2, 0.25) is 0 Å². The molecule has 0 saturated heterocycles. The summed E-state index contributed by atoms with van der Waals surface area (Å²) in [6.07, 6.45) is 22.2. The molecule has 1 heterocycles. The highest BCUT2D eigenvalue weighted by Crippen LogP contribution is 2.20. The lowest BCUT2D eigenvalue weighted by Crippen LogP contribution is -1.97. The summed E-state index contributed by atoms with van der Waals surface area (Å²) >= 11 is 0. The Labute approximate surface area is 184 Å². The van der Waals surface area contributed by atoms with E-state index in [0.29, 0.717) is 0 Å². The predicted octanol–water partition coefficient (Wildman–Crippen LogP) is 8.18. The van der Waals surface area contributed by atoms with Crippen molar-refractivity contribution in [3.8, 4) is 17.1 Å². The summed E-state index contributed by atoms with van der Waals surface area (Å²) in [4.78, 5) is 9.16. The van der Waals surface area contributed by atoms with Crippen molar-refractivity contribution in [1.29, 1.82) is 0 Å². The number of rotatable bonds is 17. The maximum atomic E-state index is 5.85. The molecule has 0 radical (unpaired) electrons. The van der Waals surface area contributed by atoms with Gasteiger partial charge in [0.05, 0.1) is 6.61 Å². The van der Waals surface area contributed by atoms with Gasteiger partial charge in [-0.15, -0.1) is 0 Å². The monoisotopic (exact) mass is 410 g/mol. The van der Waals surface area contributed by atoms with E-state index < -0.39 is 0 Å². The first-order valence-electron chi connectivity index (χ1n) is 12.4. The number of hydrogen-bond acceptors (Lipinski definition) is 3. The van der Waals surface area contributed by atoms with E-state index in [0.717, 1.165) is 36.6 Å². The molecular weight excluding hydrogens is 368 g/mol. The highest BCUT2D eigenvalue weighted by molar-refractivity contribution is 5.55. The second kappa shape index (κ2) is 15.9. The number of unbranched alkanes of at least 4 members (excludes halogenated alkanes) is 11. The van der Waals surface area contributed by atoms with Gasteiger partial charge in [0.15, 0.2) is 5.82 Å². The van der Waals surface area contributed by atoms with Crippen molar-refractivity contribution in [2.24, 2.45) is 0 Å². The van der Waals surface area contributed by atoms with E-state index in [2.05, 4.69) is 35.9 Å². The predicted molar refractivity (Wildman–Crippen MR) is 128 cm³/mol. The molecule has 0 aliphatic rings. The molecule has 0 fully saturated rings. The van der Waals surface area contributed by atoms with Gasteiger partial charge in [-0.3, -0.25) is 0 Å². The first-order valence-corrected chi connectivity index (χ1v) is 12.4. The third-order valence-corrected chi connectivity index (χ3v) is 5.65. The van der Waals surface area contributed by atoms with Crippen molar-refractivity contribution in [2.75, 3.05) is 6.61 Å². The summed E-state index contributed by atoms with van der Waals surface area (Å²) in [5.41, 5.74) is 2.29. The summed E-state index contributed by atoms with van der Waals surface area (Å²) in [7, 11) is 0. The zero-order valence-corrected chi connectivity index (χ0v) is 19.4. The maximum absolute atomic E-state index is 5.85. The van der Waals surface area contributed by atoms with Crippen LogP contribution in [-0.2, 0) is 6.42 Å². The fourth-order valence-corrected chi connectivity index (χ4v) is 3.69. The van der Waals surface area contributed by atoms with E-state index in [1.807, 2.05) is 24.5 Å².